The Hall–Kier alpha value is -3.55. The van der Waals surface area contributed by atoms with Gasteiger partial charge in [-0.25, -0.2) is 4.98 Å². The third kappa shape index (κ3) is 5.40. The highest BCUT2D eigenvalue weighted by atomic mass is 16.5. The van der Waals surface area contributed by atoms with E-state index in [1.165, 1.54) is 25.0 Å². The summed E-state index contributed by atoms with van der Waals surface area (Å²) in [6.45, 7) is 9.44. The number of aromatic nitrogens is 3. The first kappa shape index (κ1) is 26.7. The molecule has 210 valence electrons. The van der Waals surface area contributed by atoms with Crippen LogP contribution in [-0.2, 0) is 4.74 Å². The fourth-order valence-corrected chi connectivity index (χ4v) is 6.22. The molecule has 2 fully saturated rings. The highest BCUT2D eigenvalue weighted by Crippen LogP contribution is 2.36. The quantitative estimate of drug-likeness (QED) is 0.338. The van der Waals surface area contributed by atoms with Crippen molar-refractivity contribution >= 4 is 11.1 Å². The van der Waals surface area contributed by atoms with Crippen molar-refractivity contribution in [1.82, 2.24) is 30.5 Å². The van der Waals surface area contributed by atoms with E-state index in [1.807, 2.05) is 6.20 Å². The lowest BCUT2D eigenvalue weighted by Gasteiger charge is -2.35. The lowest BCUT2D eigenvalue weighted by Crippen LogP contribution is -2.29. The molecule has 1 unspecified atom stereocenters. The van der Waals surface area contributed by atoms with Crippen LogP contribution in [0.15, 0.2) is 77.7 Å². The molecular weight excluding hydrogens is 496 g/mol. The van der Waals surface area contributed by atoms with Gasteiger partial charge in [0.05, 0.1) is 29.3 Å². The molecule has 4 N–H and O–H groups in total. The van der Waals surface area contributed by atoms with Gasteiger partial charge in [0.1, 0.15) is 11.6 Å². The van der Waals surface area contributed by atoms with Gasteiger partial charge in [-0.2, -0.15) is 0 Å². The van der Waals surface area contributed by atoms with Gasteiger partial charge >= 0.3 is 0 Å². The number of allylic oxidation sites excluding steroid dienone is 9. The minimum absolute atomic E-state index is 0.309. The monoisotopic (exact) mass is 538 g/mol. The third-order valence-corrected chi connectivity index (χ3v) is 8.48. The first-order valence-electron chi connectivity index (χ1n) is 14.9. The second kappa shape index (κ2) is 11.9. The summed E-state index contributed by atoms with van der Waals surface area (Å²) in [6, 6.07) is 5.13. The molecule has 6 rings (SSSR count). The van der Waals surface area contributed by atoms with Crippen LogP contribution in [0.5, 0.6) is 0 Å². The molecule has 2 aromatic rings. The van der Waals surface area contributed by atoms with Crippen LogP contribution in [0.25, 0.3) is 11.1 Å². The predicted molar refractivity (Wildman–Crippen MR) is 162 cm³/mol. The molecule has 0 aliphatic carbocycles. The van der Waals surface area contributed by atoms with Crippen LogP contribution in [-0.4, -0.2) is 39.5 Å². The largest absolute Gasteiger partial charge is 0.453 e. The van der Waals surface area contributed by atoms with Crippen LogP contribution in [0.4, 0.5) is 0 Å². The number of aromatic amines is 2. The number of imidazole rings is 1. The maximum absolute atomic E-state index is 6.73. The molecule has 2 aromatic heterocycles. The number of rotatable bonds is 5. The summed E-state index contributed by atoms with van der Waals surface area (Å²) in [5.74, 6) is 2.75. The summed E-state index contributed by atoms with van der Waals surface area (Å²) in [5, 5.41) is 7.14. The smallest absolute Gasteiger partial charge is 0.151 e. The number of hydrogen-bond donors (Lipinski definition) is 4. The first-order chi connectivity index (χ1) is 19.6. The highest BCUT2D eigenvalue weighted by molar-refractivity contribution is 5.75. The van der Waals surface area contributed by atoms with Gasteiger partial charge < -0.3 is 30.2 Å². The van der Waals surface area contributed by atoms with Gasteiger partial charge in [-0.15, -0.1) is 0 Å². The minimum atomic E-state index is 0.309. The van der Waals surface area contributed by atoms with Crippen LogP contribution in [0.3, 0.4) is 0 Å². The molecule has 0 saturated carbocycles. The van der Waals surface area contributed by atoms with Crippen LogP contribution in [0.2, 0.25) is 0 Å². The topological polar surface area (TPSA) is 81.0 Å². The number of nitrogens with zero attached hydrogens (tertiary/aromatic N) is 2. The molecular formula is C33H42N6O. The maximum Gasteiger partial charge on any atom is 0.151 e. The zero-order chi connectivity index (χ0) is 27.5. The van der Waals surface area contributed by atoms with Gasteiger partial charge in [0, 0.05) is 29.5 Å². The Labute approximate surface area is 237 Å². The fourth-order valence-electron chi connectivity index (χ4n) is 6.22. The Bertz CT molecular complexity index is 1400. The van der Waals surface area contributed by atoms with Crippen molar-refractivity contribution in [1.29, 1.82) is 0 Å². The van der Waals surface area contributed by atoms with E-state index in [9.17, 15) is 0 Å². The highest BCUT2D eigenvalue weighted by Gasteiger charge is 2.27. The van der Waals surface area contributed by atoms with Crippen LogP contribution < -0.4 is 10.6 Å². The van der Waals surface area contributed by atoms with E-state index < -0.39 is 0 Å². The van der Waals surface area contributed by atoms with Crippen molar-refractivity contribution < 1.29 is 4.74 Å². The molecule has 2 bridgehead atoms. The van der Waals surface area contributed by atoms with E-state index in [0.717, 1.165) is 90.2 Å². The van der Waals surface area contributed by atoms with E-state index in [1.54, 1.807) is 0 Å². The van der Waals surface area contributed by atoms with E-state index in [4.69, 9.17) is 9.72 Å². The SMILES string of the molecule is C\C=C(/C=C1/OC2=C(C)N(CCC/C=C/C(c3cnc(C4CCCN4)[nH]3)=C\2)/C1=C/C)c1ccc([C@@H]2CCCN2)[nH]1. The normalized spacial score (nSPS) is 28.2. The van der Waals surface area contributed by atoms with E-state index in [2.05, 4.69) is 94.9 Å². The molecule has 40 heavy (non-hydrogen) atoms. The first-order valence-corrected chi connectivity index (χ1v) is 14.9. The van der Waals surface area contributed by atoms with Crippen molar-refractivity contribution in [3.05, 3.63) is 101 Å². The molecule has 0 amide bonds. The lowest BCUT2D eigenvalue weighted by molar-refractivity contribution is 0.242. The van der Waals surface area contributed by atoms with Crippen molar-refractivity contribution in [3.8, 4) is 0 Å². The van der Waals surface area contributed by atoms with Gasteiger partial charge in [-0.05, 0) is 102 Å². The van der Waals surface area contributed by atoms with Crippen LogP contribution in [0.1, 0.15) is 94.3 Å². The Morgan fingerprint density at radius 1 is 1.05 bits per heavy atom. The molecule has 6 heterocycles. The zero-order valence-corrected chi connectivity index (χ0v) is 24.0. The fraction of sp³-hybridized carbons (Fsp3) is 0.424. The Balaban J connectivity index is 1.34. The lowest BCUT2D eigenvalue weighted by atomic mass is 10.0. The van der Waals surface area contributed by atoms with Gasteiger partial charge in [0.15, 0.2) is 5.76 Å². The van der Waals surface area contributed by atoms with Crippen molar-refractivity contribution in [2.45, 2.75) is 71.4 Å². The molecule has 0 spiro atoms. The summed E-state index contributed by atoms with van der Waals surface area (Å²) in [7, 11) is 0. The number of fused-ring (bicyclic) bond motifs is 1. The zero-order valence-electron chi connectivity index (χ0n) is 24.0. The number of ether oxygens (including phenoxy) is 1. The summed E-state index contributed by atoms with van der Waals surface area (Å²) in [6.07, 6.45) is 21.9. The maximum atomic E-state index is 6.73. The average molecular weight is 539 g/mol. The van der Waals surface area contributed by atoms with E-state index in [-0.39, 0.29) is 0 Å². The van der Waals surface area contributed by atoms with Crippen LogP contribution in [0, 0.1) is 0 Å². The van der Waals surface area contributed by atoms with Crippen molar-refractivity contribution in [3.63, 3.8) is 0 Å². The van der Waals surface area contributed by atoms with Crippen molar-refractivity contribution in [2.75, 3.05) is 19.6 Å². The summed E-state index contributed by atoms with van der Waals surface area (Å²) < 4.78 is 6.73. The van der Waals surface area contributed by atoms with Gasteiger partial charge in [-0.3, -0.25) is 0 Å². The Kier molecular flexibility index (Phi) is 7.93. The Morgan fingerprint density at radius 2 is 1.88 bits per heavy atom. The van der Waals surface area contributed by atoms with Gasteiger partial charge in [-0.1, -0.05) is 24.3 Å². The molecule has 2 saturated heterocycles. The van der Waals surface area contributed by atoms with E-state index in [0.29, 0.717) is 12.1 Å². The predicted octanol–water partition coefficient (Wildman–Crippen LogP) is 6.78. The average Bonchev–Trinajstić information content (AvgIpc) is 3.79. The van der Waals surface area contributed by atoms with E-state index >= 15 is 0 Å². The van der Waals surface area contributed by atoms with Gasteiger partial charge in [0.25, 0.3) is 0 Å². The molecule has 2 atom stereocenters. The molecule has 4 aliphatic rings. The number of nitrogens with one attached hydrogen (secondary N) is 4. The molecule has 7 heteroatoms. The molecule has 4 aliphatic heterocycles. The second-order valence-electron chi connectivity index (χ2n) is 11.1. The van der Waals surface area contributed by atoms with Crippen LogP contribution >= 0.6 is 0 Å². The number of hydrogen-bond acceptors (Lipinski definition) is 5. The summed E-state index contributed by atoms with van der Waals surface area (Å²) in [5.41, 5.74) is 7.84. The summed E-state index contributed by atoms with van der Waals surface area (Å²) in [4.78, 5) is 14.4. The second-order valence-corrected chi connectivity index (χ2v) is 11.1. The molecule has 0 radical (unpaired) electrons. The van der Waals surface area contributed by atoms with Gasteiger partial charge in [0.2, 0.25) is 0 Å². The molecule has 0 aromatic carbocycles. The minimum Gasteiger partial charge on any atom is -0.453 e. The summed E-state index contributed by atoms with van der Waals surface area (Å²) >= 11 is 0. The standard InChI is InChI=1S/C33H42N6O/c1-4-23(25-14-15-27(37-25)26-12-9-16-34-26)19-32-30(5-2)39-18-8-6-7-11-24(20-31(40-32)22(39)3)29-21-36-33(38-29)28-13-10-17-35-28/h4-5,7,11,14-15,19-21,26,28,34-35,37H,6,8-10,12-13,16-18H2,1-3H3,(H,36,38)/b11-7+,23-4+,24-20+,30-5+,32-19+/t26-,28?/m0/s1. The van der Waals surface area contributed by atoms with Crippen molar-refractivity contribution in [2.24, 2.45) is 0 Å². The third-order valence-electron chi connectivity index (χ3n) is 8.48. The number of H-pyrrole nitrogens is 2. The molecule has 7 nitrogen and oxygen atoms in total. The Morgan fingerprint density at radius 3 is 2.62 bits per heavy atom.